The minimum atomic E-state index is -0.745. The maximum absolute atomic E-state index is 14.6. The predicted molar refractivity (Wildman–Crippen MR) is 77.4 cm³/mol. The monoisotopic (exact) mass is 288 g/mol. The largest absolute Gasteiger partial charge is 0.462 e. The molecule has 0 saturated heterocycles. The van der Waals surface area contributed by atoms with E-state index in [1.54, 1.807) is 37.3 Å². The van der Waals surface area contributed by atoms with Gasteiger partial charge in [-0.3, -0.25) is 0 Å². The van der Waals surface area contributed by atoms with Crippen LogP contribution in [-0.2, 0) is 9.53 Å². The summed E-state index contributed by atoms with van der Waals surface area (Å²) in [4.78, 5) is 12.0. The molecule has 0 spiro atoms. The normalized spacial score (nSPS) is 11.8. The summed E-state index contributed by atoms with van der Waals surface area (Å²) in [5.41, 5.74) is 0.380. The molecule has 2 aromatic rings. The number of rotatable bonds is 4. The Kier molecular flexibility index (Phi) is 4.82. The summed E-state index contributed by atoms with van der Waals surface area (Å²) in [6, 6.07) is 13.3. The highest BCUT2D eigenvalue weighted by Gasteiger charge is 2.20. The molecule has 0 aliphatic carbocycles. The first-order chi connectivity index (χ1) is 10.1. The fourth-order valence-electron chi connectivity index (χ4n) is 1.88. The first-order valence-corrected chi connectivity index (χ1v) is 6.51. The molecule has 0 atom stereocenters. The third-order valence-electron chi connectivity index (χ3n) is 2.86. The molecular formula is C17H14F2O2. The highest BCUT2D eigenvalue weighted by molar-refractivity contribution is 6.23. The molecule has 0 amide bonds. The summed E-state index contributed by atoms with van der Waals surface area (Å²) in [5.74, 6) is -1.95. The summed E-state index contributed by atoms with van der Waals surface area (Å²) in [6.07, 6.45) is 0. The Morgan fingerprint density at radius 1 is 1.00 bits per heavy atom. The van der Waals surface area contributed by atoms with E-state index in [2.05, 4.69) is 0 Å². The van der Waals surface area contributed by atoms with E-state index < -0.39 is 17.6 Å². The van der Waals surface area contributed by atoms with Gasteiger partial charge in [0, 0.05) is 5.56 Å². The number of esters is 1. The molecule has 0 heterocycles. The van der Waals surface area contributed by atoms with Crippen LogP contribution in [0.3, 0.4) is 0 Å². The molecule has 108 valence electrons. The molecule has 0 aliphatic heterocycles. The average Bonchev–Trinajstić information content (AvgIpc) is 2.49. The van der Waals surface area contributed by atoms with Crippen molar-refractivity contribution in [1.82, 2.24) is 0 Å². The van der Waals surface area contributed by atoms with E-state index >= 15 is 0 Å². The summed E-state index contributed by atoms with van der Waals surface area (Å²) in [5, 5.41) is 0. The number of carbonyl (C=O) groups is 1. The molecule has 2 aromatic carbocycles. The predicted octanol–water partition coefficient (Wildman–Crippen LogP) is 4.23. The molecule has 0 fully saturated rings. The molecule has 2 rings (SSSR count). The summed E-state index contributed by atoms with van der Waals surface area (Å²) in [6.45, 7) is 1.79. The molecule has 4 heteroatoms. The van der Waals surface area contributed by atoms with Crippen LogP contribution in [0.25, 0.3) is 11.4 Å². The van der Waals surface area contributed by atoms with Crippen molar-refractivity contribution in [1.29, 1.82) is 0 Å². The molecule has 0 aromatic heterocycles. The number of hydrogen-bond donors (Lipinski definition) is 0. The lowest BCUT2D eigenvalue weighted by atomic mass is 10.0. The Hall–Kier alpha value is -2.49. The van der Waals surface area contributed by atoms with Crippen molar-refractivity contribution >= 4 is 17.4 Å². The van der Waals surface area contributed by atoms with Gasteiger partial charge < -0.3 is 4.74 Å². The van der Waals surface area contributed by atoms with Crippen molar-refractivity contribution in [3.05, 3.63) is 71.5 Å². The van der Waals surface area contributed by atoms with Crippen molar-refractivity contribution in [3.8, 4) is 0 Å². The minimum Gasteiger partial charge on any atom is -0.462 e. The Bertz CT molecular complexity index is 646. The molecule has 2 nitrogen and oxygen atoms in total. The van der Waals surface area contributed by atoms with Crippen LogP contribution in [0, 0.1) is 5.82 Å². The second-order valence-corrected chi connectivity index (χ2v) is 4.28. The van der Waals surface area contributed by atoms with E-state index in [9.17, 15) is 13.6 Å². The van der Waals surface area contributed by atoms with Crippen LogP contribution in [0.5, 0.6) is 0 Å². The standard InChI is InChI=1S/C17H14F2O2/c1-2-21-17(20)15(12-6-4-3-5-7-12)16(19)13-8-10-14(18)11-9-13/h3-11H,2H2,1H3/b16-15+. The van der Waals surface area contributed by atoms with E-state index in [-0.39, 0.29) is 17.7 Å². The molecule has 0 aliphatic rings. The highest BCUT2D eigenvalue weighted by Crippen LogP contribution is 2.28. The average molecular weight is 288 g/mol. The van der Waals surface area contributed by atoms with Crippen LogP contribution in [0.4, 0.5) is 8.78 Å². The zero-order valence-corrected chi connectivity index (χ0v) is 11.5. The van der Waals surface area contributed by atoms with E-state index in [1.165, 1.54) is 12.1 Å². The summed E-state index contributed by atoms with van der Waals surface area (Å²) in [7, 11) is 0. The van der Waals surface area contributed by atoms with Crippen LogP contribution in [0.1, 0.15) is 18.1 Å². The quantitative estimate of drug-likeness (QED) is 0.478. The van der Waals surface area contributed by atoms with Gasteiger partial charge in [-0.1, -0.05) is 30.3 Å². The van der Waals surface area contributed by atoms with Crippen molar-refractivity contribution in [2.45, 2.75) is 6.92 Å². The van der Waals surface area contributed by atoms with Gasteiger partial charge in [0.2, 0.25) is 0 Å². The van der Waals surface area contributed by atoms with Crippen LogP contribution in [0.2, 0.25) is 0 Å². The van der Waals surface area contributed by atoms with Crippen LogP contribution < -0.4 is 0 Å². The fourth-order valence-corrected chi connectivity index (χ4v) is 1.88. The van der Waals surface area contributed by atoms with Crippen molar-refractivity contribution < 1.29 is 18.3 Å². The molecule has 21 heavy (non-hydrogen) atoms. The van der Waals surface area contributed by atoms with Gasteiger partial charge in [0.05, 0.1) is 6.61 Å². The van der Waals surface area contributed by atoms with E-state index in [0.717, 1.165) is 12.1 Å². The lowest BCUT2D eigenvalue weighted by Crippen LogP contribution is -2.08. The van der Waals surface area contributed by atoms with Crippen molar-refractivity contribution in [2.24, 2.45) is 0 Å². The van der Waals surface area contributed by atoms with Gasteiger partial charge >= 0.3 is 5.97 Å². The zero-order chi connectivity index (χ0) is 15.2. The number of carbonyl (C=O) groups excluding carboxylic acids is 1. The molecule has 0 N–H and O–H groups in total. The number of benzene rings is 2. The Morgan fingerprint density at radius 2 is 1.62 bits per heavy atom. The fraction of sp³-hybridized carbons (Fsp3) is 0.118. The minimum absolute atomic E-state index is 0.128. The first-order valence-electron chi connectivity index (χ1n) is 6.51. The molecule has 0 radical (unpaired) electrons. The van der Waals surface area contributed by atoms with E-state index in [0.29, 0.717) is 5.56 Å². The molecule has 0 bridgehead atoms. The lowest BCUT2D eigenvalue weighted by Gasteiger charge is -2.09. The number of halogens is 2. The van der Waals surface area contributed by atoms with Crippen LogP contribution in [-0.4, -0.2) is 12.6 Å². The van der Waals surface area contributed by atoms with Crippen LogP contribution >= 0.6 is 0 Å². The maximum Gasteiger partial charge on any atom is 0.341 e. The summed E-state index contributed by atoms with van der Waals surface area (Å²) >= 11 is 0. The highest BCUT2D eigenvalue weighted by atomic mass is 19.1. The summed E-state index contributed by atoms with van der Waals surface area (Å²) < 4.78 is 32.5. The second kappa shape index (κ2) is 6.79. The third-order valence-corrected chi connectivity index (χ3v) is 2.86. The second-order valence-electron chi connectivity index (χ2n) is 4.28. The maximum atomic E-state index is 14.6. The topological polar surface area (TPSA) is 26.3 Å². The van der Waals surface area contributed by atoms with Crippen molar-refractivity contribution in [3.63, 3.8) is 0 Å². The Labute approximate surface area is 121 Å². The van der Waals surface area contributed by atoms with Gasteiger partial charge in [0.1, 0.15) is 17.2 Å². The number of ether oxygens (including phenoxy) is 1. The zero-order valence-electron chi connectivity index (χ0n) is 11.5. The lowest BCUT2D eigenvalue weighted by molar-refractivity contribution is -0.136. The van der Waals surface area contributed by atoms with Gasteiger partial charge in [0.15, 0.2) is 0 Å². The van der Waals surface area contributed by atoms with Gasteiger partial charge in [0.25, 0.3) is 0 Å². The Balaban J connectivity index is 2.54. The molecule has 0 saturated carbocycles. The van der Waals surface area contributed by atoms with Gasteiger partial charge in [-0.25, -0.2) is 13.6 Å². The van der Waals surface area contributed by atoms with Gasteiger partial charge in [-0.2, -0.15) is 0 Å². The van der Waals surface area contributed by atoms with Crippen LogP contribution in [0.15, 0.2) is 54.6 Å². The third kappa shape index (κ3) is 3.54. The van der Waals surface area contributed by atoms with Gasteiger partial charge in [-0.05, 0) is 36.8 Å². The van der Waals surface area contributed by atoms with E-state index in [4.69, 9.17) is 4.74 Å². The Morgan fingerprint density at radius 3 is 2.19 bits per heavy atom. The molecular weight excluding hydrogens is 274 g/mol. The number of hydrogen-bond acceptors (Lipinski definition) is 2. The van der Waals surface area contributed by atoms with E-state index in [1.807, 2.05) is 0 Å². The SMILES string of the molecule is CCOC(=O)/C(=C(/F)c1ccc(F)cc1)c1ccccc1. The molecule has 0 unspecified atom stereocenters. The first kappa shape index (κ1) is 14.9. The van der Waals surface area contributed by atoms with Crippen molar-refractivity contribution in [2.75, 3.05) is 6.61 Å². The smallest absolute Gasteiger partial charge is 0.341 e. The van der Waals surface area contributed by atoms with Gasteiger partial charge in [-0.15, -0.1) is 0 Å².